The zero-order valence-corrected chi connectivity index (χ0v) is 9.88. The molecule has 1 aliphatic rings. The molecule has 0 aliphatic carbocycles. The lowest BCUT2D eigenvalue weighted by Gasteiger charge is -2.20. The Bertz CT molecular complexity index is 450. The van der Waals surface area contributed by atoms with E-state index < -0.39 is 6.23 Å². The van der Waals surface area contributed by atoms with E-state index in [-0.39, 0.29) is 5.91 Å². The summed E-state index contributed by atoms with van der Waals surface area (Å²) in [6, 6.07) is 7.43. The van der Waals surface area contributed by atoms with Gasteiger partial charge < -0.3 is 14.7 Å². The summed E-state index contributed by atoms with van der Waals surface area (Å²) < 4.78 is 5.06. The lowest BCUT2D eigenvalue weighted by molar-refractivity contribution is -0.132. The zero-order chi connectivity index (χ0) is 12.4. The number of carbonyl (C=O) groups excluding carboxylic acids is 1. The molecule has 17 heavy (non-hydrogen) atoms. The molecule has 1 aromatic rings. The van der Waals surface area contributed by atoms with Gasteiger partial charge in [-0.2, -0.15) is 0 Å². The molecule has 0 saturated carbocycles. The van der Waals surface area contributed by atoms with Gasteiger partial charge in [0.15, 0.2) is 0 Å². The summed E-state index contributed by atoms with van der Waals surface area (Å²) in [7, 11) is 1.61. The molecule has 1 heterocycles. The number of rotatable bonds is 3. The second-order valence-electron chi connectivity index (χ2n) is 4.04. The SMILES string of the molecule is COc1ccc(CN2C(=O)C(C)=CC2O)cc1. The highest BCUT2D eigenvalue weighted by molar-refractivity contribution is 5.95. The van der Waals surface area contributed by atoms with Gasteiger partial charge in [-0.25, -0.2) is 0 Å². The van der Waals surface area contributed by atoms with Gasteiger partial charge in [0, 0.05) is 12.1 Å². The van der Waals surface area contributed by atoms with Crippen LogP contribution < -0.4 is 4.74 Å². The van der Waals surface area contributed by atoms with Crippen LogP contribution in [-0.2, 0) is 11.3 Å². The van der Waals surface area contributed by atoms with Gasteiger partial charge in [0.05, 0.1) is 7.11 Å². The molecule has 90 valence electrons. The van der Waals surface area contributed by atoms with Gasteiger partial charge in [0.1, 0.15) is 12.0 Å². The van der Waals surface area contributed by atoms with Crippen LogP contribution in [0.1, 0.15) is 12.5 Å². The fourth-order valence-electron chi connectivity index (χ4n) is 1.82. The number of aliphatic hydroxyl groups excluding tert-OH is 1. The fourth-order valence-corrected chi connectivity index (χ4v) is 1.82. The molecule has 1 aromatic carbocycles. The molecule has 0 aromatic heterocycles. The Labute approximate surface area is 100 Å². The standard InChI is InChI=1S/C13H15NO3/c1-9-7-12(15)14(13(9)16)8-10-3-5-11(17-2)6-4-10/h3-7,12,15H,8H2,1-2H3. The highest BCUT2D eigenvalue weighted by atomic mass is 16.5. The van der Waals surface area contributed by atoms with Gasteiger partial charge in [-0.3, -0.25) is 4.79 Å². The normalized spacial score (nSPS) is 19.5. The first-order valence-corrected chi connectivity index (χ1v) is 5.42. The van der Waals surface area contributed by atoms with E-state index in [2.05, 4.69) is 0 Å². The Kier molecular flexibility index (Phi) is 3.15. The Hall–Kier alpha value is -1.81. The first kappa shape index (κ1) is 11.7. The second kappa shape index (κ2) is 4.59. The van der Waals surface area contributed by atoms with Gasteiger partial charge in [0.25, 0.3) is 5.91 Å². The van der Waals surface area contributed by atoms with E-state index in [0.29, 0.717) is 12.1 Å². The molecule has 1 amide bonds. The number of nitrogens with zero attached hydrogens (tertiary/aromatic N) is 1. The maximum absolute atomic E-state index is 11.7. The fraction of sp³-hybridized carbons (Fsp3) is 0.308. The lowest BCUT2D eigenvalue weighted by atomic mass is 10.2. The van der Waals surface area contributed by atoms with Crippen molar-refractivity contribution in [2.75, 3.05) is 7.11 Å². The minimum Gasteiger partial charge on any atom is -0.497 e. The smallest absolute Gasteiger partial charge is 0.251 e. The van der Waals surface area contributed by atoms with Crippen LogP contribution in [-0.4, -0.2) is 29.3 Å². The summed E-state index contributed by atoms with van der Waals surface area (Å²) in [6.07, 6.45) is 0.746. The van der Waals surface area contributed by atoms with Crippen molar-refractivity contribution in [2.45, 2.75) is 19.7 Å². The molecule has 0 fully saturated rings. The zero-order valence-electron chi connectivity index (χ0n) is 9.88. The Morgan fingerprint density at radius 3 is 2.47 bits per heavy atom. The number of amides is 1. The van der Waals surface area contributed by atoms with Gasteiger partial charge in [0.2, 0.25) is 0 Å². The lowest BCUT2D eigenvalue weighted by Crippen LogP contribution is -2.33. The van der Waals surface area contributed by atoms with Crippen molar-refractivity contribution in [3.8, 4) is 5.75 Å². The van der Waals surface area contributed by atoms with Crippen LogP contribution >= 0.6 is 0 Å². The number of hydrogen-bond acceptors (Lipinski definition) is 3. The summed E-state index contributed by atoms with van der Waals surface area (Å²) in [4.78, 5) is 13.1. The summed E-state index contributed by atoms with van der Waals surface area (Å²) in [5.74, 6) is 0.657. The molecule has 1 N–H and O–H groups in total. The number of aliphatic hydroxyl groups is 1. The molecule has 0 bridgehead atoms. The Balaban J connectivity index is 2.09. The molecule has 4 heteroatoms. The molecule has 0 saturated heterocycles. The van der Waals surface area contributed by atoms with Gasteiger partial charge in [-0.15, -0.1) is 0 Å². The summed E-state index contributed by atoms with van der Waals surface area (Å²) in [5, 5.41) is 9.70. The van der Waals surface area contributed by atoms with Crippen molar-refractivity contribution in [1.29, 1.82) is 0 Å². The summed E-state index contributed by atoms with van der Waals surface area (Å²) in [5.41, 5.74) is 1.55. The summed E-state index contributed by atoms with van der Waals surface area (Å²) in [6.45, 7) is 2.11. The predicted molar refractivity (Wildman–Crippen MR) is 63.3 cm³/mol. The first-order valence-electron chi connectivity index (χ1n) is 5.42. The van der Waals surface area contributed by atoms with Crippen molar-refractivity contribution in [3.63, 3.8) is 0 Å². The van der Waals surface area contributed by atoms with E-state index in [1.807, 2.05) is 24.3 Å². The van der Waals surface area contributed by atoms with E-state index >= 15 is 0 Å². The van der Waals surface area contributed by atoms with Gasteiger partial charge >= 0.3 is 0 Å². The van der Waals surface area contributed by atoms with Crippen LogP contribution in [0, 0.1) is 0 Å². The minimum atomic E-state index is -0.815. The van der Waals surface area contributed by atoms with Crippen molar-refractivity contribution in [2.24, 2.45) is 0 Å². The number of ether oxygens (including phenoxy) is 1. The van der Waals surface area contributed by atoms with Gasteiger partial charge in [-0.05, 0) is 30.7 Å². The monoisotopic (exact) mass is 233 g/mol. The highest BCUT2D eigenvalue weighted by Crippen LogP contribution is 2.20. The number of methoxy groups -OCH3 is 1. The van der Waals surface area contributed by atoms with E-state index in [1.165, 1.54) is 4.90 Å². The molecule has 1 unspecified atom stereocenters. The van der Waals surface area contributed by atoms with Crippen molar-refractivity contribution >= 4 is 5.91 Å². The molecule has 0 spiro atoms. The van der Waals surface area contributed by atoms with E-state index in [9.17, 15) is 9.90 Å². The molecule has 2 rings (SSSR count). The molecule has 1 atom stereocenters. The van der Waals surface area contributed by atoms with Crippen molar-refractivity contribution < 1.29 is 14.6 Å². The number of carbonyl (C=O) groups is 1. The van der Waals surface area contributed by atoms with Crippen LogP contribution in [0.5, 0.6) is 5.75 Å². The van der Waals surface area contributed by atoms with Crippen LogP contribution in [0.3, 0.4) is 0 Å². The Morgan fingerprint density at radius 1 is 1.35 bits per heavy atom. The average molecular weight is 233 g/mol. The quantitative estimate of drug-likeness (QED) is 0.856. The first-order chi connectivity index (χ1) is 8.11. The molecule has 1 aliphatic heterocycles. The van der Waals surface area contributed by atoms with Crippen LogP contribution in [0.4, 0.5) is 0 Å². The number of hydrogen-bond donors (Lipinski definition) is 1. The maximum atomic E-state index is 11.7. The van der Waals surface area contributed by atoms with Crippen LogP contribution in [0.15, 0.2) is 35.9 Å². The third kappa shape index (κ3) is 2.31. The molecule has 0 radical (unpaired) electrons. The maximum Gasteiger partial charge on any atom is 0.251 e. The van der Waals surface area contributed by atoms with E-state index in [0.717, 1.165) is 11.3 Å². The third-order valence-corrected chi connectivity index (χ3v) is 2.83. The molecular formula is C13H15NO3. The third-order valence-electron chi connectivity index (χ3n) is 2.83. The van der Waals surface area contributed by atoms with Crippen molar-refractivity contribution in [1.82, 2.24) is 4.90 Å². The van der Waals surface area contributed by atoms with Crippen LogP contribution in [0.2, 0.25) is 0 Å². The summed E-state index contributed by atoms with van der Waals surface area (Å²) >= 11 is 0. The largest absolute Gasteiger partial charge is 0.497 e. The molecule has 4 nitrogen and oxygen atoms in total. The van der Waals surface area contributed by atoms with E-state index in [1.54, 1.807) is 20.1 Å². The Morgan fingerprint density at radius 2 is 2.00 bits per heavy atom. The average Bonchev–Trinajstić information content (AvgIpc) is 2.57. The van der Waals surface area contributed by atoms with Crippen LogP contribution in [0.25, 0.3) is 0 Å². The molecular weight excluding hydrogens is 218 g/mol. The second-order valence-corrected chi connectivity index (χ2v) is 4.04. The van der Waals surface area contributed by atoms with Gasteiger partial charge in [-0.1, -0.05) is 12.1 Å². The van der Waals surface area contributed by atoms with Crippen molar-refractivity contribution in [3.05, 3.63) is 41.5 Å². The number of benzene rings is 1. The topological polar surface area (TPSA) is 49.8 Å². The highest BCUT2D eigenvalue weighted by Gasteiger charge is 2.28. The van der Waals surface area contributed by atoms with E-state index in [4.69, 9.17) is 4.74 Å². The minimum absolute atomic E-state index is 0.117. The predicted octanol–water partition coefficient (Wildman–Crippen LogP) is 1.30.